The number of nitrogens with zero attached hydrogens (tertiary/aromatic N) is 3. The highest BCUT2D eigenvalue weighted by Crippen LogP contribution is 2.30. The van der Waals surface area contributed by atoms with E-state index < -0.39 is 43.7 Å². The van der Waals surface area contributed by atoms with E-state index in [0.29, 0.717) is 5.56 Å². The maximum atomic E-state index is 12.9. The van der Waals surface area contributed by atoms with Gasteiger partial charge >= 0.3 is 6.09 Å². The van der Waals surface area contributed by atoms with Gasteiger partial charge in [0.2, 0.25) is 5.78 Å². The van der Waals surface area contributed by atoms with E-state index in [0.717, 1.165) is 0 Å². The number of aromatic amines is 1. The molecule has 32 heavy (non-hydrogen) atoms. The molecule has 2 N–H and O–H groups in total. The van der Waals surface area contributed by atoms with Gasteiger partial charge in [-0.25, -0.2) is 18.2 Å². The number of aliphatic imine (C=N–C) groups is 1. The van der Waals surface area contributed by atoms with Crippen LogP contribution in [-0.2, 0) is 21.2 Å². The van der Waals surface area contributed by atoms with Crippen molar-refractivity contribution in [1.82, 2.24) is 15.3 Å². The number of hydrogen-bond donors (Lipinski definition) is 2. The largest absolute Gasteiger partial charge is 0.445 e. The minimum absolute atomic E-state index is 0.0306. The lowest BCUT2D eigenvalue weighted by Crippen LogP contribution is -2.41. The number of rotatable bonds is 10. The summed E-state index contributed by atoms with van der Waals surface area (Å²) < 4.78 is 30.8. The number of non-ortho nitro benzene ring substituents is 1. The smallest absolute Gasteiger partial charge is 0.407 e. The molecule has 0 saturated carbocycles. The van der Waals surface area contributed by atoms with Crippen LogP contribution in [0.25, 0.3) is 0 Å². The molecule has 13 heteroatoms. The number of nitro groups is 1. The Hall–Kier alpha value is -3.87. The van der Waals surface area contributed by atoms with Crippen LogP contribution in [0.4, 0.5) is 10.5 Å². The maximum absolute atomic E-state index is 12.9. The Balaban J connectivity index is 1.52. The summed E-state index contributed by atoms with van der Waals surface area (Å²) in [6.07, 6.45) is 5.63. The topological polar surface area (TPSA) is 174 Å². The molecule has 0 aliphatic carbocycles. The number of benzene rings is 1. The quantitative estimate of drug-likeness (QED) is 0.304. The molecule has 1 aliphatic rings. The third-order valence-electron chi connectivity index (χ3n) is 4.61. The summed E-state index contributed by atoms with van der Waals surface area (Å²) in [7, 11) is -3.96. The Morgan fingerprint density at radius 1 is 1.25 bits per heavy atom. The first-order valence-electron chi connectivity index (χ1n) is 9.34. The standard InChI is InChI=1S/C19H19N5O7S/c25-16(17-20-8-9-21-17)12-19(6-1-7-23-19)32(29,30)11-10-22-18(26)31-13-14-2-4-15(5-3-14)24(27)28/h1-9H,10-13H2,(H,20,21)(H,22,26). The monoisotopic (exact) mass is 461 g/mol. The minimum Gasteiger partial charge on any atom is -0.445 e. The van der Waals surface area contributed by atoms with E-state index in [-0.39, 0.29) is 24.7 Å². The van der Waals surface area contributed by atoms with E-state index in [1.54, 1.807) is 0 Å². The van der Waals surface area contributed by atoms with Crippen molar-refractivity contribution < 1.29 is 27.7 Å². The van der Waals surface area contributed by atoms with E-state index in [9.17, 15) is 28.1 Å². The molecule has 1 aromatic heterocycles. The summed E-state index contributed by atoms with van der Waals surface area (Å²) in [4.78, 5) is 43.0. The van der Waals surface area contributed by atoms with E-state index in [4.69, 9.17) is 4.74 Å². The second kappa shape index (κ2) is 9.51. The first kappa shape index (κ1) is 22.8. The number of sulfone groups is 1. The van der Waals surface area contributed by atoms with Crippen LogP contribution in [0.2, 0.25) is 0 Å². The van der Waals surface area contributed by atoms with Crippen LogP contribution >= 0.6 is 0 Å². The number of amides is 1. The molecule has 1 unspecified atom stereocenters. The van der Waals surface area contributed by atoms with Crippen molar-refractivity contribution in [1.29, 1.82) is 0 Å². The van der Waals surface area contributed by atoms with E-state index in [1.165, 1.54) is 55.0 Å². The fourth-order valence-electron chi connectivity index (χ4n) is 2.91. The molecule has 1 aliphatic heterocycles. The number of nitro benzene ring substituents is 1. The summed E-state index contributed by atoms with van der Waals surface area (Å²) in [5.41, 5.74) is 0.436. The molecule has 3 rings (SSSR count). The van der Waals surface area contributed by atoms with Gasteiger partial charge in [0.1, 0.15) is 6.61 Å². The van der Waals surface area contributed by atoms with Gasteiger partial charge < -0.3 is 15.0 Å². The molecule has 1 atom stereocenters. The average molecular weight is 461 g/mol. The fourth-order valence-corrected chi connectivity index (χ4v) is 4.50. The average Bonchev–Trinajstić information content (AvgIpc) is 3.45. The van der Waals surface area contributed by atoms with Gasteiger partial charge in [0.05, 0.1) is 17.1 Å². The summed E-state index contributed by atoms with van der Waals surface area (Å²) in [6.45, 7) is -0.410. The van der Waals surface area contributed by atoms with Gasteiger partial charge in [-0.05, 0) is 29.8 Å². The molecule has 0 fully saturated rings. The molecular weight excluding hydrogens is 442 g/mol. The number of ether oxygens (including phenoxy) is 1. The molecule has 0 bridgehead atoms. The third kappa shape index (κ3) is 5.24. The van der Waals surface area contributed by atoms with Gasteiger partial charge in [-0.15, -0.1) is 0 Å². The molecule has 0 radical (unpaired) electrons. The number of carbonyl (C=O) groups excluding carboxylic acids is 2. The normalized spacial score (nSPS) is 17.2. The molecule has 0 spiro atoms. The molecule has 1 amide bonds. The highest BCUT2D eigenvalue weighted by atomic mass is 32.2. The summed E-state index contributed by atoms with van der Waals surface area (Å²) in [6, 6.07) is 5.45. The Morgan fingerprint density at radius 3 is 2.59 bits per heavy atom. The van der Waals surface area contributed by atoms with Crippen molar-refractivity contribution in [2.45, 2.75) is 17.9 Å². The molecule has 2 aromatic rings. The number of imidazole rings is 1. The molecule has 12 nitrogen and oxygen atoms in total. The zero-order valence-electron chi connectivity index (χ0n) is 16.6. The van der Waals surface area contributed by atoms with Crippen LogP contribution in [0.5, 0.6) is 0 Å². The van der Waals surface area contributed by atoms with Crippen molar-refractivity contribution in [3.8, 4) is 0 Å². The van der Waals surface area contributed by atoms with Gasteiger partial charge in [-0.1, -0.05) is 0 Å². The van der Waals surface area contributed by atoms with Crippen molar-refractivity contribution in [2.24, 2.45) is 4.99 Å². The van der Waals surface area contributed by atoms with Gasteiger partial charge in [0, 0.05) is 37.3 Å². The zero-order chi connectivity index (χ0) is 23.2. The predicted octanol–water partition coefficient (Wildman–Crippen LogP) is 1.57. The molecule has 0 saturated heterocycles. The lowest BCUT2D eigenvalue weighted by molar-refractivity contribution is -0.384. The number of ketones is 1. The fraction of sp³-hybridized carbons (Fsp3) is 0.263. The number of carbonyl (C=O) groups is 2. The highest BCUT2D eigenvalue weighted by Gasteiger charge is 2.44. The molecule has 168 valence electrons. The van der Waals surface area contributed by atoms with Crippen molar-refractivity contribution >= 4 is 33.6 Å². The summed E-state index contributed by atoms with van der Waals surface area (Å²) >= 11 is 0. The number of Topliss-reactive ketones (excluding diaryl/α,β-unsaturated/α-hetero) is 1. The van der Waals surface area contributed by atoms with Crippen LogP contribution in [-0.4, -0.2) is 58.6 Å². The zero-order valence-corrected chi connectivity index (χ0v) is 17.4. The van der Waals surface area contributed by atoms with Crippen molar-refractivity contribution in [3.05, 3.63) is 70.3 Å². The van der Waals surface area contributed by atoms with Crippen molar-refractivity contribution in [2.75, 3.05) is 12.3 Å². The van der Waals surface area contributed by atoms with Gasteiger partial charge in [0.15, 0.2) is 20.5 Å². The number of H-pyrrole nitrogens is 1. The number of nitrogens with one attached hydrogen (secondary N) is 2. The SMILES string of the molecule is O=C(NCCS(=O)(=O)C1(CC(=O)c2ncc[nH]2)C=CC=N1)OCc1ccc([N+](=O)[O-])cc1. The van der Waals surface area contributed by atoms with E-state index in [1.807, 2.05) is 0 Å². The Bertz CT molecular complexity index is 1140. The Kier molecular flexibility index (Phi) is 6.78. The molecule has 2 heterocycles. The Morgan fingerprint density at radius 2 is 2.00 bits per heavy atom. The van der Waals surface area contributed by atoms with E-state index >= 15 is 0 Å². The predicted molar refractivity (Wildman–Crippen MR) is 113 cm³/mol. The van der Waals surface area contributed by atoms with E-state index in [2.05, 4.69) is 20.3 Å². The second-order valence-corrected chi connectivity index (χ2v) is 9.11. The summed E-state index contributed by atoms with van der Waals surface area (Å²) in [5, 5.41) is 13.0. The highest BCUT2D eigenvalue weighted by molar-refractivity contribution is 7.93. The van der Waals surface area contributed by atoms with Crippen molar-refractivity contribution in [3.63, 3.8) is 0 Å². The number of alkyl carbamates (subject to hydrolysis) is 1. The van der Waals surface area contributed by atoms with Gasteiger partial charge in [-0.2, -0.15) is 0 Å². The number of allylic oxidation sites excluding steroid dienone is 1. The van der Waals surface area contributed by atoms with Gasteiger partial charge in [-0.3, -0.25) is 19.9 Å². The van der Waals surface area contributed by atoms with Crippen LogP contribution in [0, 0.1) is 10.1 Å². The Labute approximate surface area is 182 Å². The van der Waals surface area contributed by atoms with Crippen LogP contribution < -0.4 is 5.32 Å². The first-order chi connectivity index (χ1) is 15.2. The van der Waals surface area contributed by atoms with Gasteiger partial charge in [0.25, 0.3) is 5.69 Å². The lowest BCUT2D eigenvalue weighted by Gasteiger charge is -2.23. The number of aromatic nitrogens is 2. The molecule has 1 aromatic carbocycles. The lowest BCUT2D eigenvalue weighted by atomic mass is 10.1. The minimum atomic E-state index is -3.96. The summed E-state index contributed by atoms with van der Waals surface area (Å²) in [5.74, 6) is -0.965. The number of hydrogen-bond acceptors (Lipinski definition) is 9. The van der Waals surface area contributed by atoms with Crippen LogP contribution in [0.1, 0.15) is 22.6 Å². The molecular formula is C19H19N5O7S. The maximum Gasteiger partial charge on any atom is 0.407 e. The van der Waals surface area contributed by atoms with Crippen LogP contribution in [0.3, 0.4) is 0 Å². The first-order valence-corrected chi connectivity index (χ1v) is 11.0. The van der Waals surface area contributed by atoms with Crippen LogP contribution in [0.15, 0.2) is 53.8 Å². The third-order valence-corrected chi connectivity index (χ3v) is 6.81. The second-order valence-electron chi connectivity index (χ2n) is 6.77.